The minimum atomic E-state index is -0.269. The summed E-state index contributed by atoms with van der Waals surface area (Å²) in [7, 11) is 0. The number of para-hydroxylation sites is 1. The second-order valence-electron chi connectivity index (χ2n) is 7.85. The van der Waals surface area contributed by atoms with Crippen molar-refractivity contribution in [2.75, 3.05) is 22.5 Å². The third-order valence-corrected chi connectivity index (χ3v) is 6.62. The predicted octanol–water partition coefficient (Wildman–Crippen LogP) is 4.77. The molecule has 7 nitrogen and oxygen atoms in total. The van der Waals surface area contributed by atoms with E-state index < -0.39 is 0 Å². The van der Waals surface area contributed by atoms with Crippen LogP contribution in [0, 0.1) is 13.8 Å². The highest BCUT2D eigenvalue weighted by molar-refractivity contribution is 7.99. The Labute approximate surface area is 195 Å². The molecule has 0 saturated heterocycles. The molecule has 2 aromatic carbocycles. The molecule has 1 N–H and O–H groups in total. The summed E-state index contributed by atoms with van der Waals surface area (Å²) in [6, 6.07) is 16.9. The molecule has 0 unspecified atom stereocenters. The third-order valence-electron chi connectivity index (χ3n) is 5.79. The highest BCUT2D eigenvalue weighted by Crippen LogP contribution is 2.32. The van der Waals surface area contributed by atoms with Crippen molar-refractivity contribution in [1.82, 2.24) is 9.97 Å². The van der Waals surface area contributed by atoms with Crippen molar-refractivity contribution in [2.24, 2.45) is 0 Å². The Bertz CT molecular complexity index is 1370. The van der Waals surface area contributed by atoms with E-state index in [1.54, 1.807) is 29.2 Å². The van der Waals surface area contributed by atoms with E-state index >= 15 is 0 Å². The van der Waals surface area contributed by atoms with Crippen molar-refractivity contribution in [2.45, 2.75) is 25.4 Å². The van der Waals surface area contributed by atoms with Crippen LogP contribution in [0.1, 0.15) is 27.2 Å². The van der Waals surface area contributed by atoms with Gasteiger partial charge < -0.3 is 14.6 Å². The largest absolute Gasteiger partial charge is 0.443 e. The molecule has 166 valence electrons. The lowest BCUT2D eigenvalue weighted by molar-refractivity contribution is -0.116. The number of thioether (sulfide) groups is 1. The number of benzene rings is 2. The van der Waals surface area contributed by atoms with Gasteiger partial charge in [-0.2, -0.15) is 4.98 Å². The zero-order chi connectivity index (χ0) is 22.9. The molecule has 4 aromatic rings. The fourth-order valence-electron chi connectivity index (χ4n) is 3.96. The fraction of sp³-hybridized carbons (Fsp3) is 0.200. The van der Waals surface area contributed by atoms with Gasteiger partial charge in [-0.05, 0) is 44.0 Å². The highest BCUT2D eigenvalue weighted by atomic mass is 32.2. The lowest BCUT2D eigenvalue weighted by Crippen LogP contribution is -2.30. The van der Waals surface area contributed by atoms with E-state index in [4.69, 9.17) is 4.42 Å². The number of carbonyl (C=O) groups excluding carboxylic acids is 2. The second kappa shape index (κ2) is 8.71. The molecule has 8 heteroatoms. The first kappa shape index (κ1) is 21.2. The number of nitrogens with one attached hydrogen (secondary N) is 1. The van der Waals surface area contributed by atoms with Gasteiger partial charge in [0.1, 0.15) is 11.6 Å². The zero-order valence-corrected chi connectivity index (χ0v) is 19.1. The maximum Gasteiger partial charge on any atom is 0.256 e. The molecule has 0 fully saturated rings. The van der Waals surface area contributed by atoms with Gasteiger partial charge in [0.2, 0.25) is 11.6 Å². The number of amides is 2. The van der Waals surface area contributed by atoms with Gasteiger partial charge in [0.25, 0.3) is 5.91 Å². The second-order valence-corrected chi connectivity index (χ2v) is 8.79. The summed E-state index contributed by atoms with van der Waals surface area (Å²) in [6.07, 6.45) is 0.857. The van der Waals surface area contributed by atoms with E-state index in [1.165, 1.54) is 17.3 Å². The molecule has 2 amide bonds. The molecule has 33 heavy (non-hydrogen) atoms. The predicted molar refractivity (Wildman–Crippen MR) is 129 cm³/mol. The van der Waals surface area contributed by atoms with Crippen LogP contribution in [0.25, 0.3) is 11.1 Å². The summed E-state index contributed by atoms with van der Waals surface area (Å²) < 4.78 is 5.81. The lowest BCUT2D eigenvalue weighted by atomic mass is 10.2. The van der Waals surface area contributed by atoms with E-state index in [1.807, 2.05) is 38.1 Å². The molecular formula is C25H22N4O3S. The fourth-order valence-corrected chi connectivity index (χ4v) is 4.67. The molecule has 1 aliphatic heterocycles. The van der Waals surface area contributed by atoms with Gasteiger partial charge in [-0.15, -0.1) is 0 Å². The number of furan rings is 1. The molecule has 0 saturated carbocycles. The molecule has 3 heterocycles. The standard InChI is InChI=1S/C25H22N4O3S/c1-15-16(2)32-24-21(15)22(26-23(31)18-9-4-3-5-10-18)27-25(28-24)33-14-20(30)29-13-12-17-8-6-7-11-19(17)29/h3-11H,12-14H2,1-2H3,(H,26,27,28,31). The number of anilines is 2. The molecule has 0 spiro atoms. The summed E-state index contributed by atoms with van der Waals surface area (Å²) in [5.41, 5.74) is 3.94. The van der Waals surface area contributed by atoms with Gasteiger partial charge in [-0.25, -0.2) is 4.98 Å². The summed E-state index contributed by atoms with van der Waals surface area (Å²) >= 11 is 1.23. The van der Waals surface area contributed by atoms with Crippen LogP contribution in [-0.2, 0) is 11.2 Å². The third kappa shape index (κ3) is 4.09. The van der Waals surface area contributed by atoms with E-state index in [-0.39, 0.29) is 17.6 Å². The number of carbonyl (C=O) groups is 2. The Kier molecular flexibility index (Phi) is 5.60. The summed E-state index contributed by atoms with van der Waals surface area (Å²) in [6.45, 7) is 4.43. The Morgan fingerprint density at radius 3 is 2.64 bits per heavy atom. The monoisotopic (exact) mass is 458 g/mol. The van der Waals surface area contributed by atoms with Gasteiger partial charge in [0.05, 0.1) is 11.1 Å². The first-order valence-corrected chi connectivity index (χ1v) is 11.6. The number of rotatable bonds is 5. The molecule has 0 bridgehead atoms. The number of fused-ring (bicyclic) bond motifs is 2. The Morgan fingerprint density at radius 1 is 1.06 bits per heavy atom. The van der Waals surface area contributed by atoms with E-state index in [0.717, 1.165) is 17.7 Å². The highest BCUT2D eigenvalue weighted by Gasteiger charge is 2.25. The molecule has 0 radical (unpaired) electrons. The zero-order valence-electron chi connectivity index (χ0n) is 18.3. The van der Waals surface area contributed by atoms with Crippen molar-refractivity contribution in [3.63, 3.8) is 0 Å². The first-order chi connectivity index (χ1) is 16.0. The number of nitrogens with zero attached hydrogens (tertiary/aromatic N) is 3. The smallest absolute Gasteiger partial charge is 0.256 e. The van der Waals surface area contributed by atoms with Crippen LogP contribution in [-0.4, -0.2) is 34.1 Å². The summed E-state index contributed by atoms with van der Waals surface area (Å²) in [4.78, 5) is 36.6. The molecule has 1 aliphatic rings. The van der Waals surface area contributed by atoms with Gasteiger partial charge in [0, 0.05) is 23.4 Å². The maximum atomic E-state index is 12.9. The van der Waals surface area contributed by atoms with Crippen LogP contribution in [0.2, 0.25) is 0 Å². The minimum absolute atomic E-state index is 0.00433. The van der Waals surface area contributed by atoms with Crippen LogP contribution < -0.4 is 10.2 Å². The van der Waals surface area contributed by atoms with E-state index in [9.17, 15) is 9.59 Å². The Morgan fingerprint density at radius 2 is 1.82 bits per heavy atom. The Hall–Kier alpha value is -3.65. The van der Waals surface area contributed by atoms with Crippen LogP contribution in [0.5, 0.6) is 0 Å². The van der Waals surface area contributed by atoms with Gasteiger partial charge >= 0.3 is 0 Å². The SMILES string of the molecule is Cc1oc2nc(SCC(=O)N3CCc4ccccc43)nc(NC(=O)c3ccccc3)c2c1C. The van der Waals surface area contributed by atoms with Crippen LogP contribution >= 0.6 is 11.8 Å². The van der Waals surface area contributed by atoms with Crippen LogP contribution in [0.4, 0.5) is 11.5 Å². The molecule has 5 rings (SSSR count). The van der Waals surface area contributed by atoms with E-state index in [2.05, 4.69) is 21.4 Å². The van der Waals surface area contributed by atoms with Gasteiger partial charge in [0.15, 0.2) is 5.16 Å². The van der Waals surface area contributed by atoms with Crippen molar-refractivity contribution < 1.29 is 14.0 Å². The molecular weight excluding hydrogens is 436 g/mol. The summed E-state index contributed by atoms with van der Waals surface area (Å²) in [5.74, 6) is 1.00. The molecule has 0 atom stereocenters. The number of hydrogen-bond acceptors (Lipinski definition) is 6. The van der Waals surface area contributed by atoms with Crippen LogP contribution in [0.3, 0.4) is 0 Å². The average molecular weight is 459 g/mol. The lowest BCUT2D eigenvalue weighted by Gasteiger charge is -2.16. The minimum Gasteiger partial charge on any atom is -0.443 e. The van der Waals surface area contributed by atoms with Gasteiger partial charge in [-0.1, -0.05) is 48.2 Å². The van der Waals surface area contributed by atoms with Crippen molar-refractivity contribution in [1.29, 1.82) is 0 Å². The number of aromatic nitrogens is 2. The quantitative estimate of drug-likeness (QED) is 0.342. The maximum absolute atomic E-state index is 12.9. The normalized spacial score (nSPS) is 12.7. The van der Waals surface area contributed by atoms with Crippen molar-refractivity contribution in [3.05, 3.63) is 77.0 Å². The molecule has 2 aromatic heterocycles. The summed E-state index contributed by atoms with van der Waals surface area (Å²) in [5, 5.41) is 3.94. The number of aryl methyl sites for hydroxylation is 2. The van der Waals surface area contributed by atoms with Gasteiger partial charge in [-0.3, -0.25) is 9.59 Å². The van der Waals surface area contributed by atoms with Crippen molar-refractivity contribution >= 4 is 46.2 Å². The molecule has 0 aliphatic carbocycles. The van der Waals surface area contributed by atoms with Crippen molar-refractivity contribution in [3.8, 4) is 0 Å². The van der Waals surface area contributed by atoms with E-state index in [0.29, 0.717) is 39.9 Å². The average Bonchev–Trinajstić information content (AvgIpc) is 3.39. The first-order valence-electron chi connectivity index (χ1n) is 10.7. The van der Waals surface area contributed by atoms with Crippen LogP contribution in [0.15, 0.2) is 64.2 Å². The number of hydrogen-bond donors (Lipinski definition) is 1. The topological polar surface area (TPSA) is 88.3 Å². The Balaban J connectivity index is 1.40.